The second-order valence-corrected chi connectivity index (χ2v) is 3.83. The van der Waals surface area contributed by atoms with E-state index in [0.717, 1.165) is 28.0 Å². The molecule has 0 aliphatic heterocycles. The van der Waals surface area contributed by atoms with Crippen molar-refractivity contribution >= 4 is 11.0 Å². The van der Waals surface area contributed by atoms with Crippen molar-refractivity contribution in [2.24, 2.45) is 0 Å². The molecule has 0 amide bonds. The molecule has 4 heteroatoms. The molecular weight excluding hydrogens is 218 g/mol. The second kappa shape index (κ2) is 5.21. The zero-order chi connectivity index (χ0) is 12.3. The van der Waals surface area contributed by atoms with Gasteiger partial charge in [-0.1, -0.05) is 0 Å². The highest BCUT2D eigenvalue weighted by Crippen LogP contribution is 2.29. The van der Waals surface area contributed by atoms with E-state index >= 15 is 0 Å². The largest absolute Gasteiger partial charge is 0.497 e. The number of nitrogens with one attached hydrogen (secondary N) is 1. The fourth-order valence-electron chi connectivity index (χ4n) is 1.91. The molecule has 0 aliphatic carbocycles. The molecule has 1 aromatic carbocycles. The molecule has 0 atom stereocenters. The average molecular weight is 235 g/mol. The molecule has 0 saturated heterocycles. The number of methoxy groups -OCH3 is 2. The van der Waals surface area contributed by atoms with E-state index < -0.39 is 0 Å². The fourth-order valence-corrected chi connectivity index (χ4v) is 1.91. The maximum atomic E-state index is 5.79. The summed E-state index contributed by atoms with van der Waals surface area (Å²) in [5, 5.41) is 4.14. The van der Waals surface area contributed by atoms with Gasteiger partial charge in [-0.3, -0.25) is 0 Å². The molecule has 17 heavy (non-hydrogen) atoms. The molecule has 2 rings (SSSR count). The maximum Gasteiger partial charge on any atom is 0.135 e. The molecular formula is C13H17NO3. The Kier molecular flexibility index (Phi) is 3.66. The van der Waals surface area contributed by atoms with Gasteiger partial charge in [0.15, 0.2) is 0 Å². The normalized spacial score (nSPS) is 11.0. The molecule has 0 unspecified atom stereocenters. The van der Waals surface area contributed by atoms with Gasteiger partial charge in [0.25, 0.3) is 0 Å². The molecule has 0 saturated carbocycles. The van der Waals surface area contributed by atoms with Crippen LogP contribution in [0.25, 0.3) is 11.0 Å². The Hall–Kier alpha value is -1.52. The summed E-state index contributed by atoms with van der Waals surface area (Å²) in [7, 11) is 5.23. The van der Waals surface area contributed by atoms with Gasteiger partial charge < -0.3 is 19.2 Å². The first-order chi connectivity index (χ1) is 8.30. The summed E-state index contributed by atoms with van der Waals surface area (Å²) in [5.74, 6) is 1.74. The minimum atomic E-state index is 0.539. The van der Waals surface area contributed by atoms with Gasteiger partial charge in [0.05, 0.1) is 20.3 Å². The molecule has 2 aromatic rings. The Morgan fingerprint density at radius 2 is 2.12 bits per heavy atom. The predicted molar refractivity (Wildman–Crippen MR) is 66.2 cm³/mol. The highest BCUT2D eigenvalue weighted by Gasteiger charge is 2.14. The predicted octanol–water partition coefficient (Wildman–Crippen LogP) is 2.31. The van der Waals surface area contributed by atoms with E-state index in [2.05, 4.69) is 5.32 Å². The first kappa shape index (κ1) is 12.0. The summed E-state index contributed by atoms with van der Waals surface area (Å²) >= 11 is 0. The summed E-state index contributed by atoms with van der Waals surface area (Å²) in [6, 6.07) is 5.80. The van der Waals surface area contributed by atoms with Crippen LogP contribution in [0.1, 0.15) is 11.3 Å². The zero-order valence-electron chi connectivity index (χ0n) is 10.4. The third-order valence-electron chi connectivity index (χ3n) is 2.71. The highest BCUT2D eigenvalue weighted by atomic mass is 16.5. The molecule has 92 valence electrons. The number of rotatable bonds is 5. The van der Waals surface area contributed by atoms with Gasteiger partial charge in [-0.05, 0) is 25.2 Å². The first-order valence-corrected chi connectivity index (χ1v) is 5.52. The number of fused-ring (bicyclic) bond motifs is 1. The summed E-state index contributed by atoms with van der Waals surface area (Å²) < 4.78 is 16.2. The van der Waals surface area contributed by atoms with Crippen molar-refractivity contribution in [2.75, 3.05) is 21.3 Å². The van der Waals surface area contributed by atoms with Crippen molar-refractivity contribution in [2.45, 2.75) is 13.2 Å². The van der Waals surface area contributed by atoms with E-state index in [1.807, 2.05) is 25.2 Å². The molecule has 0 aliphatic rings. The van der Waals surface area contributed by atoms with Crippen molar-refractivity contribution in [1.29, 1.82) is 0 Å². The minimum absolute atomic E-state index is 0.539. The van der Waals surface area contributed by atoms with E-state index in [-0.39, 0.29) is 0 Å². The molecule has 0 bridgehead atoms. The lowest BCUT2D eigenvalue weighted by Crippen LogP contribution is -2.06. The van der Waals surface area contributed by atoms with E-state index in [0.29, 0.717) is 13.2 Å². The van der Waals surface area contributed by atoms with Crippen LogP contribution < -0.4 is 10.1 Å². The van der Waals surface area contributed by atoms with Crippen molar-refractivity contribution in [3.63, 3.8) is 0 Å². The van der Waals surface area contributed by atoms with Crippen LogP contribution in [-0.2, 0) is 17.9 Å². The lowest BCUT2D eigenvalue weighted by Gasteiger charge is -2.02. The molecule has 1 heterocycles. The van der Waals surface area contributed by atoms with Crippen molar-refractivity contribution in [1.82, 2.24) is 5.32 Å². The lowest BCUT2D eigenvalue weighted by atomic mass is 10.1. The zero-order valence-corrected chi connectivity index (χ0v) is 10.4. The van der Waals surface area contributed by atoms with Crippen LogP contribution in [0.2, 0.25) is 0 Å². The van der Waals surface area contributed by atoms with Crippen molar-refractivity contribution < 1.29 is 13.9 Å². The first-order valence-electron chi connectivity index (χ1n) is 5.52. The summed E-state index contributed by atoms with van der Waals surface area (Å²) in [4.78, 5) is 0. The molecule has 0 radical (unpaired) electrons. The Morgan fingerprint density at radius 1 is 1.29 bits per heavy atom. The van der Waals surface area contributed by atoms with E-state index in [1.54, 1.807) is 14.2 Å². The van der Waals surface area contributed by atoms with Crippen LogP contribution in [0.4, 0.5) is 0 Å². The van der Waals surface area contributed by atoms with Gasteiger partial charge in [-0.2, -0.15) is 0 Å². The Balaban J connectivity index is 2.55. The second-order valence-electron chi connectivity index (χ2n) is 3.83. The van der Waals surface area contributed by atoms with Gasteiger partial charge in [0, 0.05) is 18.1 Å². The van der Waals surface area contributed by atoms with Crippen molar-refractivity contribution in [3.05, 3.63) is 29.5 Å². The van der Waals surface area contributed by atoms with E-state index in [9.17, 15) is 0 Å². The number of benzene rings is 1. The van der Waals surface area contributed by atoms with Crippen LogP contribution >= 0.6 is 0 Å². The number of furan rings is 1. The van der Waals surface area contributed by atoms with Crippen LogP contribution in [0, 0.1) is 0 Å². The fraction of sp³-hybridized carbons (Fsp3) is 0.385. The quantitative estimate of drug-likeness (QED) is 0.863. The van der Waals surface area contributed by atoms with Crippen molar-refractivity contribution in [3.8, 4) is 5.75 Å². The highest BCUT2D eigenvalue weighted by molar-refractivity contribution is 5.83. The van der Waals surface area contributed by atoms with Gasteiger partial charge in [-0.15, -0.1) is 0 Å². The summed E-state index contributed by atoms with van der Waals surface area (Å²) in [6.07, 6.45) is 0. The van der Waals surface area contributed by atoms with E-state index in [1.165, 1.54) is 0 Å². The summed E-state index contributed by atoms with van der Waals surface area (Å²) in [5.41, 5.74) is 1.94. The smallest absolute Gasteiger partial charge is 0.135 e. The SMILES string of the molecule is CNCc1oc2ccc(OC)cc2c1COC. The van der Waals surface area contributed by atoms with Gasteiger partial charge in [0.2, 0.25) is 0 Å². The molecule has 0 fully saturated rings. The number of hydrogen-bond donors (Lipinski definition) is 1. The maximum absolute atomic E-state index is 5.79. The van der Waals surface area contributed by atoms with Crippen LogP contribution in [0.15, 0.2) is 22.6 Å². The number of ether oxygens (including phenoxy) is 2. The third kappa shape index (κ3) is 2.28. The average Bonchev–Trinajstić information content (AvgIpc) is 2.68. The standard InChI is InChI=1S/C13H17NO3/c1-14-7-13-11(8-15-2)10-6-9(16-3)4-5-12(10)17-13/h4-6,14H,7-8H2,1-3H3. The Morgan fingerprint density at radius 3 is 2.76 bits per heavy atom. The molecule has 1 aromatic heterocycles. The lowest BCUT2D eigenvalue weighted by molar-refractivity contribution is 0.183. The van der Waals surface area contributed by atoms with Crippen LogP contribution in [-0.4, -0.2) is 21.3 Å². The van der Waals surface area contributed by atoms with Gasteiger partial charge in [0.1, 0.15) is 17.1 Å². The van der Waals surface area contributed by atoms with Gasteiger partial charge in [-0.25, -0.2) is 0 Å². The third-order valence-corrected chi connectivity index (χ3v) is 2.71. The van der Waals surface area contributed by atoms with E-state index in [4.69, 9.17) is 13.9 Å². The van der Waals surface area contributed by atoms with Crippen LogP contribution in [0.3, 0.4) is 0 Å². The molecule has 0 spiro atoms. The topological polar surface area (TPSA) is 43.6 Å². The molecule has 4 nitrogen and oxygen atoms in total. The molecule has 1 N–H and O–H groups in total. The van der Waals surface area contributed by atoms with Gasteiger partial charge >= 0.3 is 0 Å². The Bertz CT molecular complexity index is 505. The van der Waals surface area contributed by atoms with Crippen LogP contribution in [0.5, 0.6) is 5.75 Å². The minimum Gasteiger partial charge on any atom is -0.497 e. The number of hydrogen-bond acceptors (Lipinski definition) is 4. The Labute approximate surface area is 101 Å². The summed E-state index contributed by atoms with van der Waals surface area (Å²) in [6.45, 7) is 1.23. The monoisotopic (exact) mass is 235 g/mol.